The minimum Gasteiger partial charge on any atom is -0.383 e. The van der Waals surface area contributed by atoms with Gasteiger partial charge in [0, 0.05) is 53.4 Å². The topological polar surface area (TPSA) is 69.2 Å². The lowest BCUT2D eigenvalue weighted by atomic mass is 10.2. The van der Waals surface area contributed by atoms with Gasteiger partial charge in [0.1, 0.15) is 0 Å². The lowest BCUT2D eigenvalue weighted by Crippen LogP contribution is -2.53. The summed E-state index contributed by atoms with van der Waals surface area (Å²) in [6, 6.07) is 10.3. The normalized spacial score (nSPS) is 15.9. The van der Waals surface area contributed by atoms with Crippen LogP contribution in [0.15, 0.2) is 41.4 Å². The van der Waals surface area contributed by atoms with Crippen molar-refractivity contribution in [3.63, 3.8) is 0 Å². The predicted octanol–water partition coefficient (Wildman–Crippen LogP) is 0.655. The summed E-state index contributed by atoms with van der Waals surface area (Å²) in [6.07, 6.45) is 4.37. The molecule has 7 heteroatoms. The third-order valence-corrected chi connectivity index (χ3v) is 4.39. The van der Waals surface area contributed by atoms with Crippen LogP contribution in [0.1, 0.15) is 5.56 Å². The zero-order valence-electron chi connectivity index (χ0n) is 16.4. The average molecular weight is 374 g/mol. The Balaban J connectivity index is 1.68. The van der Waals surface area contributed by atoms with Crippen LogP contribution < -0.4 is 10.6 Å². The fraction of sp³-hybridized carbons (Fsp3) is 0.500. The second kappa shape index (κ2) is 12.1. The maximum atomic E-state index is 11.8. The van der Waals surface area contributed by atoms with Crippen LogP contribution in [0, 0.1) is 0 Å². The predicted molar refractivity (Wildman–Crippen MR) is 110 cm³/mol. The molecule has 0 aliphatic carbocycles. The van der Waals surface area contributed by atoms with Gasteiger partial charge in [-0.3, -0.25) is 14.7 Å². The van der Waals surface area contributed by atoms with Crippen molar-refractivity contribution in [2.24, 2.45) is 4.99 Å². The van der Waals surface area contributed by atoms with E-state index in [0.29, 0.717) is 13.2 Å². The summed E-state index contributed by atoms with van der Waals surface area (Å²) in [5.41, 5.74) is 1.23. The van der Waals surface area contributed by atoms with Crippen molar-refractivity contribution >= 4 is 17.9 Å². The number of carbonyl (C=O) groups is 1. The Labute approximate surface area is 162 Å². The Morgan fingerprint density at radius 1 is 1.19 bits per heavy atom. The van der Waals surface area contributed by atoms with E-state index < -0.39 is 0 Å². The van der Waals surface area contributed by atoms with Crippen LogP contribution >= 0.6 is 0 Å². The summed E-state index contributed by atoms with van der Waals surface area (Å²) < 4.78 is 4.92. The summed E-state index contributed by atoms with van der Waals surface area (Å²) in [6.45, 7) is 5.92. The molecule has 1 aliphatic rings. The van der Waals surface area contributed by atoms with Gasteiger partial charge >= 0.3 is 0 Å². The number of piperazine rings is 1. The van der Waals surface area contributed by atoms with Crippen LogP contribution in [0.5, 0.6) is 0 Å². The highest BCUT2D eigenvalue weighted by atomic mass is 16.5. The molecule has 1 fully saturated rings. The zero-order valence-corrected chi connectivity index (χ0v) is 16.4. The quantitative estimate of drug-likeness (QED) is 0.398. The van der Waals surface area contributed by atoms with E-state index >= 15 is 0 Å². The summed E-state index contributed by atoms with van der Waals surface area (Å²) in [5.74, 6) is 0.717. The minimum atomic E-state index is -0.0575. The van der Waals surface area contributed by atoms with Crippen molar-refractivity contribution in [3.8, 4) is 0 Å². The summed E-state index contributed by atoms with van der Waals surface area (Å²) in [7, 11) is 3.36. The molecule has 0 saturated carbocycles. The van der Waals surface area contributed by atoms with Crippen molar-refractivity contribution in [2.75, 3.05) is 66.6 Å². The SMILES string of the molecule is CN=C(NCC(=O)NCCOC)N1CCN(CC=Cc2ccccc2)CC1. The van der Waals surface area contributed by atoms with E-state index in [9.17, 15) is 4.79 Å². The highest BCUT2D eigenvalue weighted by Gasteiger charge is 2.19. The van der Waals surface area contributed by atoms with Gasteiger partial charge < -0.3 is 20.3 Å². The van der Waals surface area contributed by atoms with Crippen LogP contribution in [-0.2, 0) is 9.53 Å². The highest BCUT2D eigenvalue weighted by molar-refractivity contribution is 5.86. The van der Waals surface area contributed by atoms with Gasteiger partial charge in [-0.2, -0.15) is 0 Å². The maximum absolute atomic E-state index is 11.8. The van der Waals surface area contributed by atoms with Crippen molar-refractivity contribution in [1.82, 2.24) is 20.4 Å². The molecule has 7 nitrogen and oxygen atoms in total. The maximum Gasteiger partial charge on any atom is 0.239 e. The van der Waals surface area contributed by atoms with Gasteiger partial charge in [0.05, 0.1) is 13.2 Å². The molecule has 2 N–H and O–H groups in total. The number of nitrogens with one attached hydrogen (secondary N) is 2. The van der Waals surface area contributed by atoms with E-state index in [-0.39, 0.29) is 12.5 Å². The molecule has 1 amide bonds. The van der Waals surface area contributed by atoms with Crippen molar-refractivity contribution < 1.29 is 9.53 Å². The van der Waals surface area contributed by atoms with Gasteiger partial charge in [-0.15, -0.1) is 0 Å². The molecular formula is C20H31N5O2. The number of carbonyl (C=O) groups excluding carboxylic acids is 1. The van der Waals surface area contributed by atoms with Crippen molar-refractivity contribution in [1.29, 1.82) is 0 Å². The zero-order chi connectivity index (χ0) is 19.3. The van der Waals surface area contributed by atoms with E-state index in [1.54, 1.807) is 14.2 Å². The van der Waals surface area contributed by atoms with Crippen LogP contribution in [0.4, 0.5) is 0 Å². The van der Waals surface area contributed by atoms with Gasteiger partial charge in [0.2, 0.25) is 5.91 Å². The Bertz CT molecular complexity index is 610. The molecule has 0 unspecified atom stereocenters. The molecule has 2 rings (SSSR count). The molecule has 1 heterocycles. The van der Waals surface area contributed by atoms with Gasteiger partial charge in [-0.05, 0) is 5.56 Å². The summed E-state index contributed by atoms with van der Waals surface area (Å²) in [4.78, 5) is 20.7. The number of methoxy groups -OCH3 is 1. The fourth-order valence-corrected chi connectivity index (χ4v) is 2.89. The van der Waals surface area contributed by atoms with Crippen molar-refractivity contribution in [2.45, 2.75) is 0 Å². The number of aliphatic imine (C=N–C) groups is 1. The van der Waals surface area contributed by atoms with E-state index in [4.69, 9.17) is 4.74 Å². The van der Waals surface area contributed by atoms with Crippen LogP contribution in [-0.4, -0.2) is 88.2 Å². The first-order valence-electron chi connectivity index (χ1n) is 9.38. The standard InChI is InChI=1S/C20H31N5O2/c1-21-20(23-17-19(26)22-10-16-27-2)25-14-12-24(13-15-25)11-6-9-18-7-4-3-5-8-18/h3-9H,10-17H2,1-2H3,(H,21,23)(H,22,26). The Hall–Kier alpha value is -2.38. The molecule has 1 aliphatic heterocycles. The molecule has 148 valence electrons. The molecule has 1 aromatic rings. The molecule has 0 spiro atoms. The smallest absolute Gasteiger partial charge is 0.239 e. The number of hydrogen-bond donors (Lipinski definition) is 2. The molecular weight excluding hydrogens is 342 g/mol. The van der Waals surface area contributed by atoms with Crippen LogP contribution in [0.2, 0.25) is 0 Å². The number of guanidine groups is 1. The fourth-order valence-electron chi connectivity index (χ4n) is 2.89. The molecule has 1 saturated heterocycles. The van der Waals surface area contributed by atoms with E-state index in [0.717, 1.165) is 38.7 Å². The third kappa shape index (κ3) is 7.80. The van der Waals surface area contributed by atoms with Gasteiger partial charge in [-0.1, -0.05) is 42.5 Å². The van der Waals surface area contributed by atoms with Crippen LogP contribution in [0.3, 0.4) is 0 Å². The minimum absolute atomic E-state index is 0.0575. The Morgan fingerprint density at radius 2 is 1.93 bits per heavy atom. The van der Waals surface area contributed by atoms with Gasteiger partial charge in [0.15, 0.2) is 5.96 Å². The first kappa shape index (κ1) is 20.9. The monoisotopic (exact) mass is 373 g/mol. The number of hydrogen-bond acceptors (Lipinski definition) is 4. The average Bonchev–Trinajstić information content (AvgIpc) is 2.70. The number of benzene rings is 1. The van der Waals surface area contributed by atoms with Gasteiger partial charge in [0.25, 0.3) is 0 Å². The second-order valence-corrected chi connectivity index (χ2v) is 6.34. The first-order chi connectivity index (χ1) is 13.2. The number of rotatable bonds is 8. The number of nitrogens with zero attached hydrogens (tertiary/aromatic N) is 3. The molecule has 0 radical (unpaired) electrons. The molecule has 1 aromatic carbocycles. The summed E-state index contributed by atoms with van der Waals surface area (Å²) in [5, 5.41) is 5.93. The van der Waals surface area contributed by atoms with Crippen molar-refractivity contribution in [3.05, 3.63) is 42.0 Å². The first-order valence-corrected chi connectivity index (χ1v) is 9.38. The van der Waals surface area contributed by atoms with E-state index in [1.165, 1.54) is 5.56 Å². The molecule has 0 atom stereocenters. The number of amides is 1. The lowest BCUT2D eigenvalue weighted by Gasteiger charge is -2.36. The molecule has 0 aromatic heterocycles. The van der Waals surface area contributed by atoms with E-state index in [1.807, 2.05) is 6.07 Å². The lowest BCUT2D eigenvalue weighted by molar-refractivity contribution is -0.120. The largest absolute Gasteiger partial charge is 0.383 e. The van der Waals surface area contributed by atoms with Crippen LogP contribution in [0.25, 0.3) is 6.08 Å². The molecule has 27 heavy (non-hydrogen) atoms. The Kier molecular flexibility index (Phi) is 9.37. The molecule has 0 bridgehead atoms. The number of ether oxygens (including phenoxy) is 1. The Morgan fingerprint density at radius 3 is 2.59 bits per heavy atom. The third-order valence-electron chi connectivity index (χ3n) is 4.39. The van der Waals surface area contributed by atoms with Gasteiger partial charge in [-0.25, -0.2) is 0 Å². The summed E-state index contributed by atoms with van der Waals surface area (Å²) >= 11 is 0. The van der Waals surface area contributed by atoms with E-state index in [2.05, 4.69) is 61.8 Å². The highest BCUT2D eigenvalue weighted by Crippen LogP contribution is 2.05. The second-order valence-electron chi connectivity index (χ2n) is 6.34.